The molecule has 0 bridgehead atoms. The summed E-state index contributed by atoms with van der Waals surface area (Å²) < 4.78 is 13.7. The van der Waals surface area contributed by atoms with Gasteiger partial charge in [0.15, 0.2) is 5.82 Å². The number of aromatic hydroxyl groups is 1. The third-order valence-electron chi connectivity index (χ3n) is 7.10. The summed E-state index contributed by atoms with van der Waals surface area (Å²) in [6.07, 6.45) is 5.06. The van der Waals surface area contributed by atoms with Crippen LogP contribution in [0.15, 0.2) is 42.7 Å². The van der Waals surface area contributed by atoms with Crippen molar-refractivity contribution in [2.24, 2.45) is 5.73 Å². The Morgan fingerprint density at radius 1 is 1.16 bits per heavy atom. The van der Waals surface area contributed by atoms with Crippen molar-refractivity contribution in [3.63, 3.8) is 0 Å². The number of rotatable bonds is 8. The number of aromatic nitrogens is 4. The van der Waals surface area contributed by atoms with Gasteiger partial charge in [-0.25, -0.2) is 4.39 Å². The number of alkyl halides is 1. The van der Waals surface area contributed by atoms with Gasteiger partial charge in [-0.15, -0.1) is 10.2 Å². The number of likely N-dealkylation sites (tertiary alicyclic amines) is 1. The normalized spacial score (nSPS) is 17.1. The maximum atomic E-state index is 13.7. The minimum absolute atomic E-state index is 0.0366. The lowest BCUT2D eigenvalue weighted by Crippen LogP contribution is -2.66. The van der Waals surface area contributed by atoms with E-state index in [1.165, 1.54) is 0 Å². The third-order valence-corrected chi connectivity index (χ3v) is 7.10. The van der Waals surface area contributed by atoms with Crippen LogP contribution in [0.3, 0.4) is 0 Å². The number of carbonyl (C=O) groups is 1. The van der Waals surface area contributed by atoms with Gasteiger partial charge in [0.1, 0.15) is 12.4 Å². The molecule has 1 aromatic carbocycles. The van der Waals surface area contributed by atoms with E-state index in [4.69, 9.17) is 5.73 Å². The highest BCUT2D eigenvalue weighted by Gasteiger charge is 2.48. The molecular weight excluding hydrogens is 473 g/mol. The fraction of sp³-hybridized carbons (Fsp3) is 0.481. The summed E-state index contributed by atoms with van der Waals surface area (Å²) in [5.74, 6) is 0.685. The average molecular weight is 510 g/mol. The van der Waals surface area contributed by atoms with Crippen LogP contribution in [0.25, 0.3) is 22.4 Å². The van der Waals surface area contributed by atoms with E-state index >= 15 is 0 Å². The molecule has 3 heterocycles. The molecule has 0 atom stereocenters. The number of benzene rings is 1. The maximum absolute atomic E-state index is 13.7. The highest BCUT2D eigenvalue weighted by Crippen LogP contribution is 2.41. The second kappa shape index (κ2) is 10.5. The number of H-pyrrole nitrogens is 1. The van der Waals surface area contributed by atoms with Crippen molar-refractivity contribution < 1.29 is 14.3 Å². The van der Waals surface area contributed by atoms with E-state index in [-0.39, 0.29) is 24.2 Å². The SMILES string of the molecule is CC1(C)CC(N(CCF)c2ccc(-c3ccc(-c4cn[nH]c4)cc3O)nn2)CC(C)(C)N1C(=O)CCN. The molecule has 3 aromatic rings. The number of hydrogen-bond acceptors (Lipinski definition) is 7. The molecule has 4 N–H and O–H groups in total. The molecule has 1 aliphatic rings. The zero-order valence-corrected chi connectivity index (χ0v) is 21.9. The lowest BCUT2D eigenvalue weighted by molar-refractivity contribution is -0.149. The van der Waals surface area contributed by atoms with Crippen LogP contribution in [0.4, 0.5) is 10.2 Å². The van der Waals surface area contributed by atoms with E-state index in [0.29, 0.717) is 42.9 Å². The molecular formula is C27H36FN7O2. The van der Waals surface area contributed by atoms with E-state index < -0.39 is 17.8 Å². The second-order valence-corrected chi connectivity index (χ2v) is 10.8. The fourth-order valence-electron chi connectivity index (χ4n) is 5.89. The van der Waals surface area contributed by atoms with Gasteiger partial charge >= 0.3 is 0 Å². The Hall–Kier alpha value is -3.53. The molecule has 0 saturated carbocycles. The lowest BCUT2D eigenvalue weighted by atomic mass is 9.76. The molecule has 2 aromatic heterocycles. The largest absolute Gasteiger partial charge is 0.507 e. The van der Waals surface area contributed by atoms with Crippen molar-refractivity contribution in [1.82, 2.24) is 25.3 Å². The number of hydrogen-bond donors (Lipinski definition) is 3. The summed E-state index contributed by atoms with van der Waals surface area (Å²) in [4.78, 5) is 16.8. The number of nitrogens with one attached hydrogen (secondary N) is 1. The van der Waals surface area contributed by atoms with Crippen LogP contribution in [0, 0.1) is 0 Å². The van der Waals surface area contributed by atoms with Gasteiger partial charge in [0.05, 0.1) is 11.9 Å². The summed E-state index contributed by atoms with van der Waals surface area (Å²) in [5, 5.41) is 26.1. The minimum Gasteiger partial charge on any atom is -0.507 e. The van der Waals surface area contributed by atoms with Gasteiger partial charge in [0.2, 0.25) is 5.91 Å². The molecule has 1 saturated heterocycles. The van der Waals surface area contributed by atoms with Crippen molar-refractivity contribution in [3.05, 3.63) is 42.7 Å². The monoisotopic (exact) mass is 509 g/mol. The number of phenolic OH excluding ortho intramolecular Hbond substituents is 1. The van der Waals surface area contributed by atoms with Gasteiger partial charge in [0.25, 0.3) is 0 Å². The smallest absolute Gasteiger partial charge is 0.224 e. The molecule has 0 radical (unpaired) electrons. The van der Waals surface area contributed by atoms with E-state index in [1.807, 2.05) is 49.6 Å². The number of amides is 1. The molecule has 0 unspecified atom stereocenters. The van der Waals surface area contributed by atoms with Crippen molar-refractivity contribution in [1.29, 1.82) is 0 Å². The van der Waals surface area contributed by atoms with Gasteiger partial charge < -0.3 is 20.6 Å². The summed E-state index contributed by atoms with van der Waals surface area (Å²) in [6.45, 7) is 8.14. The molecule has 1 amide bonds. The molecule has 9 nitrogen and oxygen atoms in total. The topological polar surface area (TPSA) is 124 Å². The zero-order chi connectivity index (χ0) is 26.8. The predicted molar refractivity (Wildman–Crippen MR) is 142 cm³/mol. The number of nitrogens with zero attached hydrogens (tertiary/aromatic N) is 5. The van der Waals surface area contributed by atoms with Crippen LogP contribution >= 0.6 is 0 Å². The molecule has 1 aliphatic heterocycles. The van der Waals surface area contributed by atoms with Crippen LogP contribution in [-0.4, -0.2) is 73.2 Å². The quantitative estimate of drug-likeness (QED) is 0.420. The van der Waals surface area contributed by atoms with Crippen LogP contribution in [0.1, 0.15) is 47.0 Å². The van der Waals surface area contributed by atoms with Crippen molar-refractivity contribution in [2.75, 3.05) is 24.7 Å². The lowest BCUT2D eigenvalue weighted by Gasteiger charge is -2.57. The second-order valence-electron chi connectivity index (χ2n) is 10.8. The fourth-order valence-corrected chi connectivity index (χ4v) is 5.89. The standard InChI is InChI=1S/C27H36FN7O2/c1-26(2)14-20(15-27(3,4)35(26)25(37)9-11-29)34(12-10-28)24-8-7-22(32-33-24)21-6-5-18(13-23(21)36)19-16-30-31-17-19/h5-8,13,16-17,20,36H,9-12,14-15,29H2,1-4H3,(H,30,31). The number of aromatic amines is 1. The van der Waals surface area contributed by atoms with Crippen molar-refractivity contribution >= 4 is 11.7 Å². The molecule has 4 rings (SSSR count). The van der Waals surface area contributed by atoms with Gasteiger partial charge in [-0.3, -0.25) is 9.89 Å². The van der Waals surface area contributed by atoms with E-state index in [9.17, 15) is 14.3 Å². The summed E-state index contributed by atoms with van der Waals surface area (Å²) >= 11 is 0. The molecule has 198 valence electrons. The van der Waals surface area contributed by atoms with Gasteiger partial charge in [-0.05, 0) is 70.4 Å². The Labute approximate surface area is 216 Å². The molecule has 0 aliphatic carbocycles. The van der Waals surface area contributed by atoms with Crippen LogP contribution < -0.4 is 10.6 Å². The van der Waals surface area contributed by atoms with Crippen LogP contribution in [0.2, 0.25) is 0 Å². The molecule has 0 spiro atoms. The van der Waals surface area contributed by atoms with Crippen LogP contribution in [-0.2, 0) is 4.79 Å². The van der Waals surface area contributed by atoms with E-state index in [1.54, 1.807) is 30.6 Å². The first-order valence-corrected chi connectivity index (χ1v) is 12.6. The first-order chi connectivity index (χ1) is 17.6. The van der Waals surface area contributed by atoms with Gasteiger partial charge in [0, 0.05) is 54.0 Å². The van der Waals surface area contributed by atoms with Crippen LogP contribution in [0.5, 0.6) is 5.75 Å². The number of nitrogens with two attached hydrogens (primary N) is 1. The highest BCUT2D eigenvalue weighted by molar-refractivity contribution is 5.78. The number of phenols is 1. The first-order valence-electron chi connectivity index (χ1n) is 12.6. The average Bonchev–Trinajstić information content (AvgIpc) is 3.36. The number of piperidine rings is 1. The molecule has 10 heteroatoms. The van der Waals surface area contributed by atoms with Gasteiger partial charge in [-0.2, -0.15) is 5.10 Å². The van der Waals surface area contributed by atoms with Crippen molar-refractivity contribution in [2.45, 2.75) is 64.1 Å². The summed E-state index contributed by atoms with van der Waals surface area (Å²) in [7, 11) is 0. The molecule has 1 fully saturated rings. The number of halogens is 1. The highest BCUT2D eigenvalue weighted by atomic mass is 19.1. The van der Waals surface area contributed by atoms with Crippen molar-refractivity contribution in [3.8, 4) is 28.1 Å². The zero-order valence-electron chi connectivity index (χ0n) is 21.9. The Balaban J connectivity index is 1.58. The summed E-state index contributed by atoms with van der Waals surface area (Å²) in [6, 6.07) is 8.90. The Bertz CT molecular complexity index is 1190. The first kappa shape index (κ1) is 26.5. The number of carbonyl (C=O) groups excluding carboxylic acids is 1. The van der Waals surface area contributed by atoms with E-state index in [2.05, 4.69) is 20.4 Å². The Morgan fingerprint density at radius 2 is 1.89 bits per heavy atom. The number of anilines is 1. The Kier molecular flexibility index (Phi) is 7.49. The molecule has 37 heavy (non-hydrogen) atoms. The van der Waals surface area contributed by atoms with Gasteiger partial charge in [-0.1, -0.05) is 6.07 Å². The maximum Gasteiger partial charge on any atom is 0.224 e. The van der Waals surface area contributed by atoms with E-state index in [0.717, 1.165) is 11.1 Å². The predicted octanol–water partition coefficient (Wildman–Crippen LogP) is 3.91. The Morgan fingerprint density at radius 3 is 2.43 bits per heavy atom. The third kappa shape index (κ3) is 5.44. The minimum atomic E-state index is -0.535. The summed E-state index contributed by atoms with van der Waals surface area (Å²) in [5.41, 5.74) is 7.55.